The maximum absolute atomic E-state index is 11.6. The third kappa shape index (κ3) is 3.77. The standard InChI is InChI=1S/C15H23NOS/c1-10-7-8-12(15(3,4)5)9-13(10)18-11(2)14(17)16-6/h7-9,11H,1-6H3,(H,16,17). The third-order valence-corrected chi connectivity index (χ3v) is 4.23. The molecule has 0 spiro atoms. The molecule has 18 heavy (non-hydrogen) atoms. The summed E-state index contributed by atoms with van der Waals surface area (Å²) in [6.45, 7) is 10.6. The van der Waals surface area contributed by atoms with Gasteiger partial charge in [-0.3, -0.25) is 4.79 Å². The number of rotatable bonds is 3. The van der Waals surface area contributed by atoms with E-state index in [0.717, 1.165) is 0 Å². The minimum Gasteiger partial charge on any atom is -0.358 e. The molecule has 100 valence electrons. The van der Waals surface area contributed by atoms with Gasteiger partial charge < -0.3 is 5.32 Å². The second kappa shape index (κ2) is 5.79. The zero-order valence-electron chi connectivity index (χ0n) is 12.1. The molecule has 0 aliphatic heterocycles. The first kappa shape index (κ1) is 15.1. The van der Waals surface area contributed by atoms with Crippen LogP contribution in [0, 0.1) is 6.92 Å². The molecular weight excluding hydrogens is 242 g/mol. The number of carbonyl (C=O) groups is 1. The smallest absolute Gasteiger partial charge is 0.232 e. The van der Waals surface area contributed by atoms with Crippen molar-refractivity contribution in [3.63, 3.8) is 0 Å². The molecule has 1 amide bonds. The molecule has 0 aliphatic rings. The van der Waals surface area contributed by atoms with Crippen LogP contribution in [0.2, 0.25) is 0 Å². The molecule has 1 N–H and O–H groups in total. The van der Waals surface area contributed by atoms with Crippen LogP contribution in [0.4, 0.5) is 0 Å². The van der Waals surface area contributed by atoms with Gasteiger partial charge in [-0.2, -0.15) is 0 Å². The fraction of sp³-hybridized carbons (Fsp3) is 0.533. The summed E-state index contributed by atoms with van der Waals surface area (Å²) in [5.41, 5.74) is 2.67. The molecule has 0 saturated heterocycles. The van der Waals surface area contributed by atoms with Gasteiger partial charge in [-0.25, -0.2) is 0 Å². The quantitative estimate of drug-likeness (QED) is 0.847. The average molecular weight is 265 g/mol. The van der Waals surface area contributed by atoms with Crippen molar-refractivity contribution < 1.29 is 4.79 Å². The van der Waals surface area contributed by atoms with E-state index < -0.39 is 0 Å². The van der Waals surface area contributed by atoms with Crippen LogP contribution in [0.3, 0.4) is 0 Å². The van der Waals surface area contributed by atoms with Crippen LogP contribution in [0.1, 0.15) is 38.8 Å². The molecule has 2 nitrogen and oxygen atoms in total. The SMILES string of the molecule is CNC(=O)C(C)Sc1cc(C(C)(C)C)ccc1C. The minimum absolute atomic E-state index is 0.0658. The van der Waals surface area contributed by atoms with Crippen LogP contribution >= 0.6 is 11.8 Å². The Morgan fingerprint density at radius 1 is 1.33 bits per heavy atom. The molecule has 0 bridgehead atoms. The van der Waals surface area contributed by atoms with Crippen molar-refractivity contribution in [2.75, 3.05) is 7.05 Å². The molecule has 1 atom stereocenters. The summed E-state index contributed by atoms with van der Waals surface area (Å²) < 4.78 is 0. The first-order chi connectivity index (χ1) is 8.25. The van der Waals surface area contributed by atoms with Crippen molar-refractivity contribution in [3.05, 3.63) is 29.3 Å². The summed E-state index contributed by atoms with van der Waals surface area (Å²) in [6, 6.07) is 6.52. The van der Waals surface area contributed by atoms with E-state index in [1.807, 2.05) is 6.92 Å². The molecule has 0 aliphatic carbocycles. The van der Waals surface area contributed by atoms with Gasteiger partial charge in [-0.15, -0.1) is 11.8 Å². The molecule has 1 rings (SSSR count). The minimum atomic E-state index is -0.0658. The van der Waals surface area contributed by atoms with Gasteiger partial charge >= 0.3 is 0 Å². The Hall–Kier alpha value is -0.960. The summed E-state index contributed by atoms with van der Waals surface area (Å²) in [5, 5.41) is 2.62. The number of thioether (sulfide) groups is 1. The van der Waals surface area contributed by atoms with Crippen LogP contribution in [-0.4, -0.2) is 18.2 Å². The molecule has 0 saturated carbocycles. The zero-order valence-corrected chi connectivity index (χ0v) is 12.9. The largest absolute Gasteiger partial charge is 0.358 e. The Bertz CT molecular complexity index is 435. The van der Waals surface area contributed by atoms with Crippen molar-refractivity contribution in [1.29, 1.82) is 0 Å². The van der Waals surface area contributed by atoms with E-state index in [1.165, 1.54) is 16.0 Å². The fourth-order valence-electron chi connectivity index (χ4n) is 1.64. The van der Waals surface area contributed by atoms with Gasteiger partial charge in [-0.1, -0.05) is 32.9 Å². The van der Waals surface area contributed by atoms with E-state index in [4.69, 9.17) is 0 Å². The van der Waals surface area contributed by atoms with Gasteiger partial charge in [0.1, 0.15) is 0 Å². The first-order valence-corrected chi connectivity index (χ1v) is 7.13. The lowest BCUT2D eigenvalue weighted by Gasteiger charge is -2.21. The first-order valence-electron chi connectivity index (χ1n) is 6.25. The highest BCUT2D eigenvalue weighted by Crippen LogP contribution is 2.31. The Morgan fingerprint density at radius 3 is 2.44 bits per heavy atom. The van der Waals surface area contributed by atoms with E-state index in [-0.39, 0.29) is 16.6 Å². The highest BCUT2D eigenvalue weighted by Gasteiger charge is 2.18. The lowest BCUT2D eigenvalue weighted by atomic mass is 9.87. The van der Waals surface area contributed by atoms with Crippen LogP contribution in [-0.2, 0) is 10.2 Å². The maximum Gasteiger partial charge on any atom is 0.232 e. The molecule has 1 aromatic rings. The van der Waals surface area contributed by atoms with Gasteiger partial charge in [0, 0.05) is 11.9 Å². The van der Waals surface area contributed by atoms with Crippen molar-refractivity contribution in [3.8, 4) is 0 Å². The molecule has 0 radical (unpaired) electrons. The molecule has 1 unspecified atom stereocenters. The summed E-state index contributed by atoms with van der Waals surface area (Å²) in [5.74, 6) is 0.0700. The number of hydrogen-bond donors (Lipinski definition) is 1. The van der Waals surface area contributed by atoms with E-state index in [1.54, 1.807) is 18.8 Å². The van der Waals surface area contributed by atoms with Crippen LogP contribution in [0.5, 0.6) is 0 Å². The lowest BCUT2D eigenvalue weighted by Crippen LogP contribution is -2.27. The Labute approximate surface area is 115 Å². The molecule has 0 heterocycles. The molecule has 0 fully saturated rings. The van der Waals surface area contributed by atoms with Crippen molar-refractivity contribution in [2.45, 2.75) is 50.2 Å². The van der Waals surface area contributed by atoms with Crippen LogP contribution in [0.15, 0.2) is 23.1 Å². The number of hydrogen-bond acceptors (Lipinski definition) is 2. The van der Waals surface area contributed by atoms with Crippen LogP contribution in [0.25, 0.3) is 0 Å². The Balaban J connectivity index is 2.98. The van der Waals surface area contributed by atoms with Crippen LogP contribution < -0.4 is 5.32 Å². The second-order valence-electron chi connectivity index (χ2n) is 5.60. The van der Waals surface area contributed by atoms with Gasteiger partial charge in [0.2, 0.25) is 5.91 Å². The van der Waals surface area contributed by atoms with E-state index in [9.17, 15) is 4.79 Å². The summed E-state index contributed by atoms with van der Waals surface area (Å²) >= 11 is 1.62. The highest BCUT2D eigenvalue weighted by molar-refractivity contribution is 8.00. The van der Waals surface area contributed by atoms with Gasteiger partial charge in [0.05, 0.1) is 5.25 Å². The average Bonchev–Trinajstić information content (AvgIpc) is 2.29. The number of aryl methyl sites for hydroxylation is 1. The highest BCUT2D eigenvalue weighted by atomic mass is 32.2. The summed E-state index contributed by atoms with van der Waals surface area (Å²) in [7, 11) is 1.68. The third-order valence-electron chi connectivity index (χ3n) is 2.97. The monoisotopic (exact) mass is 265 g/mol. The van der Waals surface area contributed by atoms with Crippen molar-refractivity contribution in [2.24, 2.45) is 0 Å². The van der Waals surface area contributed by atoms with Crippen molar-refractivity contribution >= 4 is 17.7 Å². The predicted molar refractivity (Wildman–Crippen MR) is 79.3 cm³/mol. The van der Waals surface area contributed by atoms with Crippen molar-refractivity contribution in [1.82, 2.24) is 5.32 Å². The molecular formula is C15H23NOS. The molecule has 3 heteroatoms. The van der Waals surface area contributed by atoms with E-state index in [2.05, 4.69) is 51.2 Å². The number of benzene rings is 1. The van der Waals surface area contributed by atoms with E-state index in [0.29, 0.717) is 0 Å². The maximum atomic E-state index is 11.6. The fourth-order valence-corrected chi connectivity index (χ4v) is 2.70. The summed E-state index contributed by atoms with van der Waals surface area (Å²) in [6.07, 6.45) is 0. The van der Waals surface area contributed by atoms with Gasteiger partial charge in [-0.05, 0) is 36.5 Å². The Morgan fingerprint density at radius 2 is 1.94 bits per heavy atom. The van der Waals surface area contributed by atoms with Gasteiger partial charge in [0.25, 0.3) is 0 Å². The number of amides is 1. The molecule has 1 aromatic carbocycles. The normalized spacial score (nSPS) is 13.2. The number of carbonyl (C=O) groups excluding carboxylic acids is 1. The lowest BCUT2D eigenvalue weighted by molar-refractivity contribution is -0.119. The Kier molecular flexibility index (Phi) is 4.85. The second-order valence-corrected chi connectivity index (χ2v) is 6.99. The topological polar surface area (TPSA) is 29.1 Å². The summed E-state index contributed by atoms with van der Waals surface area (Å²) in [4.78, 5) is 12.8. The zero-order chi connectivity index (χ0) is 13.9. The predicted octanol–water partition coefficient (Wildman–Crippen LogP) is 3.52. The number of nitrogens with one attached hydrogen (secondary N) is 1. The van der Waals surface area contributed by atoms with E-state index >= 15 is 0 Å². The van der Waals surface area contributed by atoms with Gasteiger partial charge in [0.15, 0.2) is 0 Å². The molecule has 0 aromatic heterocycles.